The molecule has 0 aromatic heterocycles. The number of hydrogen-bond donors (Lipinski definition) is 0. The molecule has 0 atom stereocenters. The monoisotopic (exact) mass is 368 g/mol. The van der Waals surface area contributed by atoms with Crippen LogP contribution in [0.3, 0.4) is 0 Å². The van der Waals surface area contributed by atoms with Gasteiger partial charge in [0.15, 0.2) is 5.78 Å². The van der Waals surface area contributed by atoms with Crippen molar-refractivity contribution in [3.63, 3.8) is 0 Å². The van der Waals surface area contributed by atoms with Gasteiger partial charge in [0.1, 0.15) is 5.69 Å². The highest BCUT2D eigenvalue weighted by Crippen LogP contribution is 2.27. The summed E-state index contributed by atoms with van der Waals surface area (Å²) in [5.41, 5.74) is 0.965. The number of nitrogens with zero attached hydrogens (tertiary/aromatic N) is 2. The van der Waals surface area contributed by atoms with Crippen molar-refractivity contribution in [2.24, 2.45) is 0 Å². The summed E-state index contributed by atoms with van der Waals surface area (Å²) in [6.07, 6.45) is 4.05. The van der Waals surface area contributed by atoms with Crippen LogP contribution in [0.2, 0.25) is 0 Å². The lowest BCUT2D eigenvalue weighted by molar-refractivity contribution is -0.384. The molecule has 142 valence electrons. The maximum Gasteiger partial charge on any atom is 0.292 e. The summed E-state index contributed by atoms with van der Waals surface area (Å²) in [4.78, 5) is 36.2. The highest BCUT2D eigenvalue weighted by molar-refractivity contribution is 5.96. The molecule has 2 aromatic carbocycles. The molecule has 0 bridgehead atoms. The van der Waals surface area contributed by atoms with Crippen molar-refractivity contribution >= 4 is 23.1 Å². The van der Waals surface area contributed by atoms with Gasteiger partial charge in [-0.05, 0) is 18.9 Å². The van der Waals surface area contributed by atoms with Crippen LogP contribution >= 0.6 is 0 Å². The minimum Gasteiger partial charge on any atom is -0.310 e. The minimum absolute atomic E-state index is 0.0761. The third kappa shape index (κ3) is 6.02. The van der Waals surface area contributed by atoms with Gasteiger partial charge in [-0.2, -0.15) is 0 Å². The van der Waals surface area contributed by atoms with Crippen molar-refractivity contribution in [2.75, 3.05) is 11.9 Å². The van der Waals surface area contributed by atoms with Crippen LogP contribution in [-0.4, -0.2) is 23.7 Å². The molecule has 0 aliphatic carbocycles. The molecule has 0 saturated heterocycles. The number of unbranched alkanes of at least 4 members (excludes halogenated alkanes) is 3. The average molecular weight is 368 g/mol. The Morgan fingerprint density at radius 3 is 2.15 bits per heavy atom. The molecule has 2 rings (SSSR count). The highest BCUT2D eigenvalue weighted by Gasteiger charge is 2.20. The van der Waals surface area contributed by atoms with E-state index in [1.165, 1.54) is 11.0 Å². The number of ketones is 1. The number of carbonyl (C=O) groups is 2. The number of rotatable bonds is 10. The first-order chi connectivity index (χ1) is 13.0. The molecule has 0 radical (unpaired) electrons. The Morgan fingerprint density at radius 1 is 0.889 bits per heavy atom. The predicted molar refractivity (Wildman–Crippen MR) is 105 cm³/mol. The second-order valence-corrected chi connectivity index (χ2v) is 6.40. The van der Waals surface area contributed by atoms with Crippen molar-refractivity contribution < 1.29 is 14.5 Å². The number of nitro groups is 1. The largest absolute Gasteiger partial charge is 0.310 e. The minimum atomic E-state index is -0.483. The topological polar surface area (TPSA) is 80.5 Å². The Kier molecular flexibility index (Phi) is 7.67. The molecule has 6 heteroatoms. The standard InChI is InChI=1S/C21H24N2O4/c1-22(18-13-9-10-14-19(18)23(26)27)21(25)16-8-3-2-7-15-20(24)17-11-5-4-6-12-17/h4-6,9-14H,2-3,7-8,15-16H2,1H3. The molecule has 0 fully saturated rings. The summed E-state index contributed by atoms with van der Waals surface area (Å²) in [6, 6.07) is 15.5. The number of carbonyl (C=O) groups excluding carboxylic acids is 2. The van der Waals surface area contributed by atoms with Crippen LogP contribution in [-0.2, 0) is 4.79 Å². The first-order valence-electron chi connectivity index (χ1n) is 9.09. The summed E-state index contributed by atoms with van der Waals surface area (Å²) in [6.45, 7) is 0. The van der Waals surface area contributed by atoms with Crippen LogP contribution in [0, 0.1) is 10.1 Å². The molecular weight excluding hydrogens is 344 g/mol. The van der Waals surface area contributed by atoms with Gasteiger partial charge in [0.2, 0.25) is 5.91 Å². The lowest BCUT2D eigenvalue weighted by Crippen LogP contribution is -2.26. The van der Waals surface area contributed by atoms with Crippen LogP contribution < -0.4 is 4.90 Å². The molecule has 0 saturated carbocycles. The number of para-hydroxylation sites is 2. The second kappa shape index (κ2) is 10.2. The van der Waals surface area contributed by atoms with Crippen LogP contribution in [0.1, 0.15) is 48.9 Å². The van der Waals surface area contributed by atoms with Crippen molar-refractivity contribution in [3.8, 4) is 0 Å². The van der Waals surface area contributed by atoms with Crippen molar-refractivity contribution in [2.45, 2.75) is 38.5 Å². The predicted octanol–water partition coefficient (Wildman–Crippen LogP) is 4.78. The second-order valence-electron chi connectivity index (χ2n) is 6.40. The fourth-order valence-corrected chi connectivity index (χ4v) is 2.89. The highest BCUT2D eigenvalue weighted by atomic mass is 16.6. The lowest BCUT2D eigenvalue weighted by Gasteiger charge is -2.17. The summed E-state index contributed by atoms with van der Waals surface area (Å²) in [5, 5.41) is 11.1. The van der Waals surface area contributed by atoms with E-state index < -0.39 is 4.92 Å². The van der Waals surface area contributed by atoms with E-state index in [1.54, 1.807) is 25.2 Å². The maximum absolute atomic E-state index is 12.3. The van der Waals surface area contributed by atoms with E-state index in [0.717, 1.165) is 24.8 Å². The van der Waals surface area contributed by atoms with Gasteiger partial charge in [-0.25, -0.2) is 0 Å². The Bertz CT molecular complexity index is 790. The third-order valence-corrected chi connectivity index (χ3v) is 4.45. The zero-order valence-electron chi connectivity index (χ0n) is 15.5. The van der Waals surface area contributed by atoms with Gasteiger partial charge in [-0.1, -0.05) is 55.3 Å². The Hall–Kier alpha value is -3.02. The molecule has 1 amide bonds. The van der Waals surface area contributed by atoms with E-state index in [4.69, 9.17) is 0 Å². The normalized spacial score (nSPS) is 10.4. The maximum atomic E-state index is 12.3. The lowest BCUT2D eigenvalue weighted by atomic mass is 10.0. The first kappa shape index (κ1) is 20.3. The van der Waals surface area contributed by atoms with Crippen LogP contribution in [0.25, 0.3) is 0 Å². The summed E-state index contributed by atoms with van der Waals surface area (Å²) >= 11 is 0. The molecule has 2 aromatic rings. The van der Waals surface area contributed by atoms with Gasteiger partial charge in [-0.3, -0.25) is 19.7 Å². The van der Waals surface area contributed by atoms with Crippen molar-refractivity contribution in [3.05, 3.63) is 70.3 Å². The zero-order valence-corrected chi connectivity index (χ0v) is 15.5. The van der Waals surface area contributed by atoms with Gasteiger partial charge < -0.3 is 4.90 Å². The van der Waals surface area contributed by atoms with Crippen LogP contribution in [0.5, 0.6) is 0 Å². The van der Waals surface area contributed by atoms with E-state index >= 15 is 0 Å². The van der Waals surface area contributed by atoms with E-state index in [1.807, 2.05) is 30.3 Å². The fourth-order valence-electron chi connectivity index (χ4n) is 2.89. The Balaban J connectivity index is 1.70. The molecule has 0 aliphatic heterocycles. The summed E-state index contributed by atoms with van der Waals surface area (Å²) < 4.78 is 0. The SMILES string of the molecule is CN(C(=O)CCCCCCC(=O)c1ccccc1)c1ccccc1[N+](=O)[O-]. The molecule has 0 heterocycles. The number of hydrogen-bond acceptors (Lipinski definition) is 4. The van der Waals surface area contributed by atoms with Gasteiger partial charge in [-0.15, -0.1) is 0 Å². The third-order valence-electron chi connectivity index (χ3n) is 4.45. The molecule has 6 nitrogen and oxygen atoms in total. The molecule has 0 aliphatic rings. The number of anilines is 1. The van der Waals surface area contributed by atoms with Gasteiger partial charge in [0.05, 0.1) is 4.92 Å². The molecule has 0 unspecified atom stereocenters. The van der Waals surface area contributed by atoms with Gasteiger partial charge in [0, 0.05) is 31.5 Å². The van der Waals surface area contributed by atoms with Gasteiger partial charge in [0.25, 0.3) is 5.69 Å². The number of amides is 1. The van der Waals surface area contributed by atoms with Crippen molar-refractivity contribution in [1.82, 2.24) is 0 Å². The molecule has 0 N–H and O–H groups in total. The average Bonchev–Trinajstić information content (AvgIpc) is 2.70. The number of benzene rings is 2. The molecular formula is C21H24N2O4. The smallest absolute Gasteiger partial charge is 0.292 e. The zero-order chi connectivity index (χ0) is 19.6. The Labute approximate surface area is 159 Å². The fraction of sp³-hybridized carbons (Fsp3) is 0.333. The summed E-state index contributed by atoms with van der Waals surface area (Å²) in [7, 11) is 1.56. The van der Waals surface area contributed by atoms with E-state index in [0.29, 0.717) is 24.9 Å². The van der Waals surface area contributed by atoms with Crippen molar-refractivity contribution in [1.29, 1.82) is 0 Å². The molecule has 0 spiro atoms. The number of nitro benzene ring substituents is 1. The first-order valence-corrected chi connectivity index (χ1v) is 9.09. The Morgan fingerprint density at radius 2 is 1.48 bits per heavy atom. The summed E-state index contributed by atoms with van der Waals surface area (Å²) in [5.74, 6) is -0.00698. The van der Waals surface area contributed by atoms with Crippen LogP contribution in [0.4, 0.5) is 11.4 Å². The quantitative estimate of drug-likeness (QED) is 0.261. The number of Topliss-reactive ketones (excluding diaryl/α,β-unsaturated/α-hetero) is 1. The van der Waals surface area contributed by atoms with Gasteiger partial charge >= 0.3 is 0 Å². The van der Waals surface area contributed by atoms with Crippen LogP contribution in [0.15, 0.2) is 54.6 Å². The van der Waals surface area contributed by atoms with E-state index in [-0.39, 0.29) is 17.4 Å². The molecule has 27 heavy (non-hydrogen) atoms. The van der Waals surface area contributed by atoms with E-state index in [2.05, 4.69) is 0 Å². The van der Waals surface area contributed by atoms with E-state index in [9.17, 15) is 19.7 Å².